The lowest BCUT2D eigenvalue weighted by atomic mass is 9.88. The highest BCUT2D eigenvalue weighted by Crippen LogP contribution is 2.23. The van der Waals surface area contributed by atoms with Crippen LogP contribution >= 0.6 is 0 Å². The summed E-state index contributed by atoms with van der Waals surface area (Å²) >= 11 is 0. The number of carbonyl (C=O) groups excluding carboxylic acids is 2. The number of nitrogens with one attached hydrogen (secondary N) is 2. The standard InChI is InChI=1S/C21H29N3O4/c1-15-5-7-16(8-6-15)13-17(14-22)23-18(25)21(9-11-27-12-10-21)24-19(26)28-20(2,3)4/h5-8,17H,9-13H2,1-4H3,(H,23,25)(H,24,26). The third kappa shape index (κ3) is 6.24. The highest BCUT2D eigenvalue weighted by atomic mass is 16.6. The molecule has 2 amide bonds. The van der Waals surface area contributed by atoms with Crippen LogP contribution in [-0.2, 0) is 20.7 Å². The van der Waals surface area contributed by atoms with E-state index in [0.29, 0.717) is 32.5 Å². The highest BCUT2D eigenvalue weighted by molar-refractivity contribution is 5.90. The van der Waals surface area contributed by atoms with E-state index in [1.165, 1.54) is 0 Å². The summed E-state index contributed by atoms with van der Waals surface area (Å²) < 4.78 is 10.7. The van der Waals surface area contributed by atoms with Crippen molar-refractivity contribution in [1.82, 2.24) is 10.6 Å². The molecule has 1 aromatic rings. The average Bonchev–Trinajstić information content (AvgIpc) is 2.62. The van der Waals surface area contributed by atoms with Crippen molar-refractivity contribution < 1.29 is 19.1 Å². The van der Waals surface area contributed by atoms with Crippen LogP contribution < -0.4 is 10.6 Å². The number of carbonyl (C=O) groups is 2. The van der Waals surface area contributed by atoms with E-state index in [9.17, 15) is 14.9 Å². The smallest absolute Gasteiger partial charge is 0.408 e. The summed E-state index contributed by atoms with van der Waals surface area (Å²) in [4.78, 5) is 25.3. The zero-order valence-corrected chi connectivity index (χ0v) is 17.0. The fourth-order valence-corrected chi connectivity index (χ4v) is 3.01. The van der Waals surface area contributed by atoms with Crippen LogP contribution in [0.1, 0.15) is 44.7 Å². The molecule has 1 atom stereocenters. The lowest BCUT2D eigenvalue weighted by Gasteiger charge is -2.37. The minimum absolute atomic E-state index is 0.320. The van der Waals surface area contributed by atoms with E-state index in [4.69, 9.17) is 9.47 Å². The molecular formula is C21H29N3O4. The molecule has 0 spiro atoms. The minimum Gasteiger partial charge on any atom is -0.444 e. The number of aryl methyl sites for hydroxylation is 1. The molecule has 0 saturated carbocycles. The molecular weight excluding hydrogens is 358 g/mol. The van der Waals surface area contributed by atoms with Gasteiger partial charge in [0.2, 0.25) is 5.91 Å². The monoisotopic (exact) mass is 387 g/mol. The number of amides is 2. The van der Waals surface area contributed by atoms with E-state index in [0.717, 1.165) is 11.1 Å². The maximum Gasteiger partial charge on any atom is 0.408 e. The fourth-order valence-electron chi connectivity index (χ4n) is 3.01. The van der Waals surface area contributed by atoms with Gasteiger partial charge in [0.15, 0.2) is 0 Å². The van der Waals surface area contributed by atoms with E-state index in [2.05, 4.69) is 16.7 Å². The Balaban J connectivity index is 2.09. The Bertz CT molecular complexity index is 726. The van der Waals surface area contributed by atoms with Crippen LogP contribution in [0.2, 0.25) is 0 Å². The van der Waals surface area contributed by atoms with Gasteiger partial charge in [-0.15, -0.1) is 0 Å². The second-order valence-corrected chi connectivity index (χ2v) is 8.17. The largest absolute Gasteiger partial charge is 0.444 e. The Labute approximate surface area is 166 Å². The van der Waals surface area contributed by atoms with Crippen LogP contribution in [0.4, 0.5) is 4.79 Å². The summed E-state index contributed by atoms with van der Waals surface area (Å²) in [7, 11) is 0. The van der Waals surface area contributed by atoms with Crippen molar-refractivity contribution in [2.45, 2.75) is 64.1 Å². The molecule has 1 aromatic carbocycles. The van der Waals surface area contributed by atoms with E-state index >= 15 is 0 Å². The molecule has 1 unspecified atom stereocenters. The molecule has 1 aliphatic heterocycles. The van der Waals surface area contributed by atoms with Crippen molar-refractivity contribution in [2.75, 3.05) is 13.2 Å². The van der Waals surface area contributed by atoms with Crippen molar-refractivity contribution in [2.24, 2.45) is 0 Å². The molecule has 1 saturated heterocycles. The number of nitriles is 1. The first-order valence-corrected chi connectivity index (χ1v) is 9.49. The molecule has 28 heavy (non-hydrogen) atoms. The average molecular weight is 387 g/mol. The first-order valence-electron chi connectivity index (χ1n) is 9.49. The summed E-state index contributed by atoms with van der Waals surface area (Å²) in [6.07, 6.45) is 0.375. The van der Waals surface area contributed by atoms with Gasteiger partial charge in [-0.1, -0.05) is 29.8 Å². The van der Waals surface area contributed by atoms with Crippen LogP contribution in [0.25, 0.3) is 0 Å². The van der Waals surface area contributed by atoms with Crippen LogP contribution in [0, 0.1) is 18.3 Å². The zero-order valence-electron chi connectivity index (χ0n) is 17.0. The van der Waals surface area contributed by atoms with Gasteiger partial charge in [-0.2, -0.15) is 5.26 Å². The van der Waals surface area contributed by atoms with Gasteiger partial charge in [0.1, 0.15) is 17.2 Å². The quantitative estimate of drug-likeness (QED) is 0.809. The van der Waals surface area contributed by atoms with Crippen molar-refractivity contribution in [3.8, 4) is 6.07 Å². The first kappa shape index (κ1) is 21.7. The van der Waals surface area contributed by atoms with Crippen molar-refractivity contribution in [1.29, 1.82) is 5.26 Å². The number of benzene rings is 1. The van der Waals surface area contributed by atoms with Gasteiger partial charge < -0.3 is 20.1 Å². The zero-order chi connectivity index (χ0) is 20.8. The molecule has 0 aliphatic carbocycles. The Morgan fingerprint density at radius 1 is 1.25 bits per heavy atom. The van der Waals surface area contributed by atoms with E-state index in [1.807, 2.05) is 31.2 Å². The molecule has 7 heteroatoms. The number of hydrogen-bond donors (Lipinski definition) is 2. The maximum atomic E-state index is 13.0. The number of ether oxygens (including phenoxy) is 2. The lowest BCUT2D eigenvalue weighted by Crippen LogP contribution is -2.63. The summed E-state index contributed by atoms with van der Waals surface area (Å²) in [6.45, 7) is 7.96. The number of rotatable bonds is 5. The second kappa shape index (κ2) is 9.07. The van der Waals surface area contributed by atoms with Crippen molar-refractivity contribution in [3.05, 3.63) is 35.4 Å². The molecule has 0 radical (unpaired) electrons. The van der Waals surface area contributed by atoms with Crippen molar-refractivity contribution >= 4 is 12.0 Å². The van der Waals surface area contributed by atoms with Gasteiger partial charge in [-0.3, -0.25) is 4.79 Å². The molecule has 1 heterocycles. The molecule has 2 N–H and O–H groups in total. The SMILES string of the molecule is Cc1ccc(CC(C#N)NC(=O)C2(NC(=O)OC(C)(C)C)CCOCC2)cc1. The molecule has 2 rings (SSSR count). The van der Waals surface area contributed by atoms with Gasteiger partial charge in [0.05, 0.1) is 6.07 Å². The van der Waals surface area contributed by atoms with Gasteiger partial charge in [-0.25, -0.2) is 4.79 Å². The molecule has 0 bridgehead atoms. The van der Waals surface area contributed by atoms with Crippen LogP contribution in [-0.4, -0.2) is 42.4 Å². The second-order valence-electron chi connectivity index (χ2n) is 8.17. The minimum atomic E-state index is -1.15. The summed E-state index contributed by atoms with van der Waals surface area (Å²) in [5.41, 5.74) is 0.263. The summed E-state index contributed by atoms with van der Waals surface area (Å²) in [6, 6.07) is 9.25. The molecule has 152 valence electrons. The normalized spacial score (nSPS) is 17.1. The number of nitrogens with zero attached hydrogens (tertiary/aromatic N) is 1. The first-order chi connectivity index (χ1) is 13.1. The Morgan fingerprint density at radius 2 is 1.86 bits per heavy atom. The van der Waals surface area contributed by atoms with Crippen LogP contribution in [0.5, 0.6) is 0 Å². The third-order valence-corrected chi connectivity index (χ3v) is 4.54. The predicted octanol–water partition coefficient (Wildman–Crippen LogP) is 2.62. The third-order valence-electron chi connectivity index (χ3n) is 4.54. The Kier molecular flexibility index (Phi) is 7.03. The van der Waals surface area contributed by atoms with Crippen molar-refractivity contribution in [3.63, 3.8) is 0 Å². The number of alkyl carbamates (subject to hydrolysis) is 1. The summed E-state index contributed by atoms with van der Waals surface area (Å²) in [5.74, 6) is -0.389. The molecule has 1 aliphatic rings. The Hall–Kier alpha value is -2.59. The van der Waals surface area contributed by atoms with Gasteiger partial charge >= 0.3 is 6.09 Å². The van der Waals surface area contributed by atoms with E-state index in [-0.39, 0.29) is 5.91 Å². The lowest BCUT2D eigenvalue weighted by molar-refractivity contribution is -0.132. The van der Waals surface area contributed by atoms with E-state index in [1.54, 1.807) is 20.8 Å². The van der Waals surface area contributed by atoms with E-state index < -0.39 is 23.3 Å². The summed E-state index contributed by atoms with van der Waals surface area (Å²) in [5, 5.41) is 15.0. The van der Waals surface area contributed by atoms with Gasteiger partial charge in [0, 0.05) is 32.5 Å². The van der Waals surface area contributed by atoms with Gasteiger partial charge in [-0.05, 0) is 33.3 Å². The Morgan fingerprint density at radius 3 is 2.39 bits per heavy atom. The molecule has 7 nitrogen and oxygen atoms in total. The van der Waals surface area contributed by atoms with Crippen LogP contribution in [0.3, 0.4) is 0 Å². The highest BCUT2D eigenvalue weighted by Gasteiger charge is 2.43. The van der Waals surface area contributed by atoms with Crippen LogP contribution in [0.15, 0.2) is 24.3 Å². The molecule has 1 fully saturated rings. The maximum absolute atomic E-state index is 13.0. The fraction of sp³-hybridized carbons (Fsp3) is 0.571. The topological polar surface area (TPSA) is 100 Å². The predicted molar refractivity (Wildman–Crippen MR) is 105 cm³/mol. The van der Waals surface area contributed by atoms with Gasteiger partial charge in [0.25, 0.3) is 0 Å². The molecule has 0 aromatic heterocycles. The number of hydrogen-bond acceptors (Lipinski definition) is 5.